The Morgan fingerprint density at radius 3 is 2.54 bits per heavy atom. The van der Waals surface area contributed by atoms with Crippen LogP contribution in [0.2, 0.25) is 0 Å². The molecule has 0 bridgehead atoms. The van der Waals surface area contributed by atoms with E-state index in [4.69, 9.17) is 4.42 Å². The van der Waals surface area contributed by atoms with Crippen LogP contribution in [0.15, 0.2) is 102 Å². The van der Waals surface area contributed by atoms with Crippen molar-refractivity contribution in [1.29, 1.82) is 0 Å². The standard InChI is InChI=1S/C32H22N2O/c1-3-8-25-27-17-16-26-24-10-5-6-11-28(24)34(31(26)32(27)35-29(25)4-2)22-14-15-23-21(19-22)13-12-20-9-7-18-33-30(20)23/h3-19H,2H2,1H3/b8-3-. The van der Waals surface area contributed by atoms with E-state index in [1.54, 1.807) is 6.08 Å². The van der Waals surface area contributed by atoms with Gasteiger partial charge < -0.3 is 8.98 Å². The SMILES string of the molecule is C=Cc1oc2c(ccc3c4ccccc4n(-c4ccc5c(ccc6cccnc65)c4)c32)c1/C=C\C. The van der Waals surface area contributed by atoms with Gasteiger partial charge in [-0.1, -0.05) is 67.3 Å². The normalized spacial score (nSPS) is 12.1. The van der Waals surface area contributed by atoms with Crippen molar-refractivity contribution in [2.24, 2.45) is 0 Å². The first kappa shape index (κ1) is 19.8. The van der Waals surface area contributed by atoms with Gasteiger partial charge in [0.2, 0.25) is 0 Å². The third-order valence-corrected chi connectivity index (χ3v) is 6.91. The molecule has 0 aliphatic heterocycles. The second-order valence-corrected chi connectivity index (χ2v) is 8.82. The second kappa shape index (κ2) is 7.44. The van der Waals surface area contributed by atoms with Gasteiger partial charge in [0, 0.05) is 44.4 Å². The fourth-order valence-corrected chi connectivity index (χ4v) is 5.40. The van der Waals surface area contributed by atoms with Crippen LogP contribution in [0.25, 0.3) is 72.3 Å². The maximum absolute atomic E-state index is 6.45. The summed E-state index contributed by atoms with van der Waals surface area (Å²) in [7, 11) is 0. The van der Waals surface area contributed by atoms with E-state index in [0.717, 1.165) is 60.7 Å². The number of pyridine rings is 1. The minimum Gasteiger partial charge on any atom is -0.454 e. The number of allylic oxidation sites excluding steroid dienone is 1. The van der Waals surface area contributed by atoms with Gasteiger partial charge in [-0.2, -0.15) is 0 Å². The number of nitrogens with zero attached hydrogens (tertiary/aromatic N) is 2. The fraction of sp³-hybridized carbons (Fsp3) is 0.0312. The van der Waals surface area contributed by atoms with Gasteiger partial charge in [-0.05, 0) is 48.7 Å². The van der Waals surface area contributed by atoms with E-state index in [1.165, 1.54) is 10.8 Å². The lowest BCUT2D eigenvalue weighted by atomic mass is 10.1. The lowest BCUT2D eigenvalue weighted by Gasteiger charge is -2.10. The van der Waals surface area contributed by atoms with Crippen molar-refractivity contribution < 1.29 is 4.42 Å². The molecule has 3 heteroatoms. The zero-order valence-corrected chi connectivity index (χ0v) is 19.3. The van der Waals surface area contributed by atoms with Crippen LogP contribution in [0, 0.1) is 0 Å². The molecular formula is C32H22N2O. The van der Waals surface area contributed by atoms with Crippen LogP contribution in [0.4, 0.5) is 0 Å². The minimum absolute atomic E-state index is 0.790. The Morgan fingerprint density at radius 2 is 1.66 bits per heavy atom. The number of para-hydroxylation sites is 1. The molecule has 0 spiro atoms. The number of hydrogen-bond acceptors (Lipinski definition) is 2. The first-order chi connectivity index (χ1) is 17.3. The monoisotopic (exact) mass is 450 g/mol. The summed E-state index contributed by atoms with van der Waals surface area (Å²) in [5, 5.41) is 6.92. The van der Waals surface area contributed by atoms with Gasteiger partial charge in [-0.15, -0.1) is 0 Å². The van der Waals surface area contributed by atoms with E-state index in [1.807, 2.05) is 25.3 Å². The molecule has 0 aliphatic rings. The first-order valence-corrected chi connectivity index (χ1v) is 11.8. The highest BCUT2D eigenvalue weighted by molar-refractivity contribution is 6.18. The summed E-state index contributed by atoms with van der Waals surface area (Å²) in [6.45, 7) is 6.01. The van der Waals surface area contributed by atoms with Crippen molar-refractivity contribution in [3.05, 3.63) is 109 Å². The van der Waals surface area contributed by atoms with Gasteiger partial charge in [-0.25, -0.2) is 0 Å². The van der Waals surface area contributed by atoms with Gasteiger partial charge >= 0.3 is 0 Å². The molecule has 0 saturated heterocycles. The molecule has 7 aromatic rings. The predicted octanol–water partition coefficient (Wildman–Crippen LogP) is 8.91. The number of furan rings is 1. The van der Waals surface area contributed by atoms with E-state index in [0.29, 0.717) is 0 Å². The van der Waals surface area contributed by atoms with Crippen LogP contribution in [-0.4, -0.2) is 9.55 Å². The molecule has 3 heterocycles. The van der Waals surface area contributed by atoms with Crippen molar-refractivity contribution in [2.75, 3.05) is 0 Å². The highest BCUT2D eigenvalue weighted by Crippen LogP contribution is 2.40. The minimum atomic E-state index is 0.790. The zero-order chi connectivity index (χ0) is 23.5. The Kier molecular flexibility index (Phi) is 4.21. The Hall–Kier alpha value is -4.63. The van der Waals surface area contributed by atoms with Crippen molar-refractivity contribution >= 4 is 66.6 Å². The number of rotatable bonds is 3. The lowest BCUT2D eigenvalue weighted by Crippen LogP contribution is -1.94. The Labute approximate surface area is 202 Å². The van der Waals surface area contributed by atoms with Crippen molar-refractivity contribution in [1.82, 2.24) is 9.55 Å². The van der Waals surface area contributed by atoms with Crippen LogP contribution < -0.4 is 0 Å². The van der Waals surface area contributed by atoms with Gasteiger partial charge in [0.1, 0.15) is 5.76 Å². The maximum atomic E-state index is 6.45. The molecule has 0 fully saturated rings. The quantitative estimate of drug-likeness (QED) is 0.252. The van der Waals surface area contributed by atoms with E-state index < -0.39 is 0 Å². The molecule has 0 N–H and O–H groups in total. The molecule has 0 atom stereocenters. The number of hydrogen-bond donors (Lipinski definition) is 0. The Morgan fingerprint density at radius 1 is 0.829 bits per heavy atom. The molecule has 0 amide bonds. The maximum Gasteiger partial charge on any atom is 0.160 e. The summed E-state index contributed by atoms with van der Waals surface area (Å²) < 4.78 is 8.78. The first-order valence-electron chi connectivity index (χ1n) is 11.8. The third kappa shape index (κ3) is 2.75. The smallest absolute Gasteiger partial charge is 0.160 e. The van der Waals surface area contributed by atoms with Crippen molar-refractivity contribution in [2.45, 2.75) is 6.92 Å². The molecule has 4 aromatic carbocycles. The van der Waals surface area contributed by atoms with Crippen molar-refractivity contribution in [3.63, 3.8) is 0 Å². The highest BCUT2D eigenvalue weighted by atomic mass is 16.3. The van der Waals surface area contributed by atoms with Crippen LogP contribution in [0.1, 0.15) is 18.2 Å². The van der Waals surface area contributed by atoms with E-state index >= 15 is 0 Å². The fourth-order valence-electron chi connectivity index (χ4n) is 5.40. The molecular weight excluding hydrogens is 428 g/mol. The van der Waals surface area contributed by atoms with E-state index in [9.17, 15) is 0 Å². The molecule has 7 rings (SSSR count). The predicted molar refractivity (Wildman–Crippen MR) is 148 cm³/mol. The van der Waals surface area contributed by atoms with E-state index in [-0.39, 0.29) is 0 Å². The molecule has 0 radical (unpaired) electrons. The third-order valence-electron chi connectivity index (χ3n) is 6.91. The molecule has 166 valence electrons. The summed E-state index contributed by atoms with van der Waals surface area (Å²) in [6, 6.07) is 28.0. The number of fused-ring (bicyclic) bond motifs is 8. The molecule has 0 saturated carbocycles. The summed E-state index contributed by atoms with van der Waals surface area (Å²) in [5.41, 5.74) is 6.28. The average Bonchev–Trinajstić information content (AvgIpc) is 3.44. The molecule has 0 unspecified atom stereocenters. The molecule has 35 heavy (non-hydrogen) atoms. The molecule has 3 nitrogen and oxygen atoms in total. The number of aromatic nitrogens is 2. The second-order valence-electron chi connectivity index (χ2n) is 8.82. The molecule has 0 aliphatic carbocycles. The lowest BCUT2D eigenvalue weighted by molar-refractivity contribution is 0.605. The summed E-state index contributed by atoms with van der Waals surface area (Å²) >= 11 is 0. The van der Waals surface area contributed by atoms with Crippen LogP contribution >= 0.6 is 0 Å². The van der Waals surface area contributed by atoms with Crippen LogP contribution in [-0.2, 0) is 0 Å². The summed E-state index contributed by atoms with van der Waals surface area (Å²) in [6.07, 6.45) is 7.78. The largest absolute Gasteiger partial charge is 0.454 e. The Bertz CT molecular complexity index is 1980. The van der Waals surface area contributed by atoms with Gasteiger partial charge in [0.15, 0.2) is 5.58 Å². The van der Waals surface area contributed by atoms with Crippen LogP contribution in [0.3, 0.4) is 0 Å². The highest BCUT2D eigenvalue weighted by Gasteiger charge is 2.20. The zero-order valence-electron chi connectivity index (χ0n) is 19.3. The summed E-state index contributed by atoms with van der Waals surface area (Å²) in [5.74, 6) is 0.790. The van der Waals surface area contributed by atoms with Gasteiger partial charge in [-0.3, -0.25) is 4.98 Å². The average molecular weight is 451 g/mol. The van der Waals surface area contributed by atoms with Gasteiger partial charge in [0.05, 0.1) is 16.6 Å². The summed E-state index contributed by atoms with van der Waals surface area (Å²) in [4.78, 5) is 4.64. The van der Waals surface area contributed by atoms with Gasteiger partial charge in [0.25, 0.3) is 0 Å². The van der Waals surface area contributed by atoms with E-state index in [2.05, 4.69) is 95.0 Å². The van der Waals surface area contributed by atoms with Crippen molar-refractivity contribution in [3.8, 4) is 5.69 Å². The molecule has 3 aromatic heterocycles. The Balaban J connectivity index is 1.62. The topological polar surface area (TPSA) is 31.0 Å². The number of benzene rings is 4. The van der Waals surface area contributed by atoms with Crippen LogP contribution in [0.5, 0.6) is 0 Å².